The summed E-state index contributed by atoms with van der Waals surface area (Å²) in [6.45, 7) is 6.21. The van der Waals surface area contributed by atoms with Crippen LogP contribution in [0.2, 0.25) is 0 Å². The highest BCUT2D eigenvalue weighted by atomic mass is 32.2. The molecule has 0 saturated heterocycles. The maximum absolute atomic E-state index is 13.0. The van der Waals surface area contributed by atoms with Crippen LogP contribution in [0.3, 0.4) is 0 Å². The highest BCUT2D eigenvalue weighted by Gasteiger charge is 2.28. The van der Waals surface area contributed by atoms with Crippen molar-refractivity contribution in [2.75, 3.05) is 6.61 Å². The number of para-hydroxylation sites is 1. The molecule has 2 aromatic heterocycles. The van der Waals surface area contributed by atoms with Crippen LogP contribution in [0.15, 0.2) is 45.9 Å². The topological polar surface area (TPSA) is 81.4 Å². The lowest BCUT2D eigenvalue weighted by atomic mass is 10.2. The van der Waals surface area contributed by atoms with E-state index in [4.69, 9.17) is 9.26 Å². The Balaban J connectivity index is 1.93. The molecule has 0 spiro atoms. The molecule has 2 heterocycles. The Kier molecular flexibility index (Phi) is 5.45. The molecular formula is C18H20N2O4S2. The Morgan fingerprint density at radius 3 is 2.65 bits per heavy atom. The van der Waals surface area contributed by atoms with E-state index in [0.29, 0.717) is 28.6 Å². The predicted molar refractivity (Wildman–Crippen MR) is 101 cm³/mol. The lowest BCUT2D eigenvalue weighted by molar-refractivity contribution is 0.336. The number of benzene rings is 1. The van der Waals surface area contributed by atoms with Gasteiger partial charge in [0.25, 0.3) is 0 Å². The van der Waals surface area contributed by atoms with Crippen molar-refractivity contribution < 1.29 is 17.7 Å². The van der Waals surface area contributed by atoms with E-state index < -0.39 is 10.0 Å². The minimum absolute atomic E-state index is 0.142. The summed E-state index contributed by atoms with van der Waals surface area (Å²) in [7, 11) is -3.74. The first-order valence-electron chi connectivity index (χ1n) is 8.15. The first-order chi connectivity index (χ1) is 12.4. The summed E-state index contributed by atoms with van der Waals surface area (Å²) in [5.74, 6) is 1.12. The molecule has 0 aliphatic heterocycles. The molecule has 0 amide bonds. The van der Waals surface area contributed by atoms with E-state index >= 15 is 0 Å². The molecule has 0 saturated carbocycles. The minimum atomic E-state index is -3.74. The molecule has 0 bridgehead atoms. The van der Waals surface area contributed by atoms with Gasteiger partial charge in [-0.05, 0) is 26.8 Å². The molecular weight excluding hydrogens is 372 g/mol. The summed E-state index contributed by atoms with van der Waals surface area (Å²) in [6.07, 6.45) is 1.50. The van der Waals surface area contributed by atoms with Crippen molar-refractivity contribution in [1.82, 2.24) is 9.88 Å². The highest BCUT2D eigenvalue weighted by molar-refractivity contribution is 7.89. The summed E-state index contributed by atoms with van der Waals surface area (Å²) >= 11 is 1.42. The van der Waals surface area contributed by atoms with Crippen molar-refractivity contribution in [3.8, 4) is 17.1 Å². The van der Waals surface area contributed by atoms with Crippen molar-refractivity contribution in [3.63, 3.8) is 0 Å². The molecule has 1 aromatic carbocycles. The van der Waals surface area contributed by atoms with Crippen molar-refractivity contribution >= 4 is 21.4 Å². The summed E-state index contributed by atoms with van der Waals surface area (Å²) in [4.78, 5) is 1.82. The zero-order chi connectivity index (χ0) is 18.7. The van der Waals surface area contributed by atoms with Gasteiger partial charge >= 0.3 is 0 Å². The summed E-state index contributed by atoms with van der Waals surface area (Å²) in [6, 6.07) is 9.05. The van der Waals surface area contributed by atoms with Crippen LogP contribution in [-0.2, 0) is 16.6 Å². The van der Waals surface area contributed by atoms with Gasteiger partial charge in [0, 0.05) is 27.9 Å². The zero-order valence-electron chi connectivity index (χ0n) is 14.8. The van der Waals surface area contributed by atoms with Crippen LogP contribution in [0.5, 0.6) is 5.75 Å². The summed E-state index contributed by atoms with van der Waals surface area (Å²) in [5, 5.41) is 3.70. The Hall–Kier alpha value is -2.16. The van der Waals surface area contributed by atoms with Crippen LogP contribution in [-0.4, -0.2) is 20.2 Å². The Labute approximate surface area is 156 Å². The van der Waals surface area contributed by atoms with Gasteiger partial charge in [-0.2, -0.15) is 0 Å². The molecule has 0 aliphatic rings. The Morgan fingerprint density at radius 2 is 1.96 bits per heavy atom. The van der Waals surface area contributed by atoms with Gasteiger partial charge in [0.05, 0.1) is 18.4 Å². The van der Waals surface area contributed by atoms with Gasteiger partial charge in [-0.25, -0.2) is 13.1 Å². The average Bonchev–Trinajstić information content (AvgIpc) is 3.22. The normalized spacial score (nSPS) is 11.7. The molecule has 6 nitrogen and oxygen atoms in total. The average molecular weight is 393 g/mol. The van der Waals surface area contributed by atoms with Gasteiger partial charge in [-0.15, -0.1) is 11.3 Å². The second-order valence-electron chi connectivity index (χ2n) is 5.66. The van der Waals surface area contributed by atoms with Crippen LogP contribution < -0.4 is 9.46 Å². The third-order valence-corrected chi connectivity index (χ3v) is 6.61. The summed E-state index contributed by atoms with van der Waals surface area (Å²) < 4.78 is 39.5. The van der Waals surface area contributed by atoms with Crippen molar-refractivity contribution in [2.24, 2.45) is 0 Å². The number of sulfonamides is 1. The number of ether oxygens (including phenoxy) is 1. The zero-order valence-corrected chi connectivity index (χ0v) is 16.4. The van der Waals surface area contributed by atoms with Crippen molar-refractivity contribution in [2.45, 2.75) is 32.2 Å². The van der Waals surface area contributed by atoms with Crippen LogP contribution in [0, 0.1) is 13.8 Å². The lowest BCUT2D eigenvalue weighted by Crippen LogP contribution is -2.24. The Morgan fingerprint density at radius 1 is 1.19 bits per heavy atom. The van der Waals surface area contributed by atoms with Crippen molar-refractivity contribution in [3.05, 3.63) is 51.8 Å². The van der Waals surface area contributed by atoms with Crippen LogP contribution >= 0.6 is 11.3 Å². The van der Waals surface area contributed by atoms with Gasteiger partial charge in [-0.1, -0.05) is 23.4 Å². The number of thiophene rings is 1. The fraction of sp³-hybridized carbons (Fsp3) is 0.278. The van der Waals surface area contributed by atoms with Crippen LogP contribution in [0.1, 0.15) is 22.2 Å². The Bertz CT molecular complexity index is 992. The van der Waals surface area contributed by atoms with Crippen molar-refractivity contribution in [1.29, 1.82) is 0 Å². The van der Waals surface area contributed by atoms with E-state index in [1.807, 2.05) is 38.1 Å². The highest BCUT2D eigenvalue weighted by Crippen LogP contribution is 2.38. The minimum Gasteiger partial charge on any atom is -0.494 e. The van der Waals surface area contributed by atoms with Gasteiger partial charge in [-0.3, -0.25) is 0 Å². The molecule has 0 aliphatic carbocycles. The fourth-order valence-corrected chi connectivity index (χ4v) is 5.68. The number of rotatable bonds is 7. The first-order valence-corrected chi connectivity index (χ1v) is 10.5. The molecule has 3 rings (SSSR count). The van der Waals surface area contributed by atoms with Gasteiger partial charge in [0.15, 0.2) is 5.76 Å². The molecule has 26 heavy (non-hydrogen) atoms. The number of nitrogens with zero attached hydrogens (tertiary/aromatic N) is 1. The first kappa shape index (κ1) is 18.6. The third kappa shape index (κ3) is 3.67. The molecule has 138 valence electrons. The van der Waals surface area contributed by atoms with E-state index in [9.17, 15) is 8.42 Å². The number of aromatic nitrogens is 1. The molecule has 0 unspecified atom stereocenters. The standard InChI is InChI=1S/C18H20N2O4S2/c1-4-23-15-8-6-5-7-14(15)11-20-26(21,22)18-13(3)25-12(2)17(18)16-9-10-19-24-16/h5-10,20H,4,11H2,1-3H3. The molecule has 8 heteroatoms. The second-order valence-corrected chi connectivity index (χ2v) is 8.79. The number of aryl methyl sites for hydroxylation is 2. The monoisotopic (exact) mass is 392 g/mol. The molecule has 3 aromatic rings. The van der Waals surface area contributed by atoms with Gasteiger partial charge in [0.1, 0.15) is 10.6 Å². The number of nitrogens with one attached hydrogen (secondary N) is 1. The third-order valence-electron chi connectivity index (χ3n) is 3.88. The number of hydrogen-bond acceptors (Lipinski definition) is 6. The molecule has 0 fully saturated rings. The number of hydrogen-bond donors (Lipinski definition) is 1. The maximum atomic E-state index is 13.0. The lowest BCUT2D eigenvalue weighted by Gasteiger charge is -2.12. The molecule has 1 N–H and O–H groups in total. The largest absolute Gasteiger partial charge is 0.494 e. The van der Waals surface area contributed by atoms with E-state index in [2.05, 4.69) is 9.88 Å². The van der Waals surface area contributed by atoms with E-state index in [0.717, 1.165) is 10.4 Å². The van der Waals surface area contributed by atoms with Crippen LogP contribution in [0.4, 0.5) is 0 Å². The predicted octanol–water partition coefficient (Wildman–Crippen LogP) is 3.90. The molecule has 0 atom stereocenters. The van der Waals surface area contributed by atoms with Gasteiger partial charge < -0.3 is 9.26 Å². The fourth-order valence-electron chi connectivity index (χ4n) is 2.81. The quantitative estimate of drug-likeness (QED) is 0.659. The molecule has 0 radical (unpaired) electrons. The smallest absolute Gasteiger partial charge is 0.242 e. The van der Waals surface area contributed by atoms with E-state index in [1.54, 1.807) is 13.0 Å². The van der Waals surface area contributed by atoms with E-state index in [1.165, 1.54) is 17.5 Å². The van der Waals surface area contributed by atoms with Gasteiger partial charge in [0.2, 0.25) is 10.0 Å². The SMILES string of the molecule is CCOc1ccccc1CNS(=O)(=O)c1c(C)sc(C)c1-c1ccno1. The maximum Gasteiger partial charge on any atom is 0.242 e. The summed E-state index contributed by atoms with van der Waals surface area (Å²) in [5.41, 5.74) is 1.35. The van der Waals surface area contributed by atoms with Crippen LogP contribution in [0.25, 0.3) is 11.3 Å². The van der Waals surface area contributed by atoms with E-state index in [-0.39, 0.29) is 11.4 Å². The second kappa shape index (κ2) is 7.61.